The van der Waals surface area contributed by atoms with Crippen molar-refractivity contribution in [3.63, 3.8) is 0 Å². The molecule has 3 nitrogen and oxygen atoms in total. The van der Waals surface area contributed by atoms with E-state index < -0.39 is 0 Å². The van der Waals surface area contributed by atoms with Gasteiger partial charge in [0.25, 0.3) is 0 Å². The molecular weight excluding hydrogens is 250 g/mol. The molecule has 1 N–H and O–H groups in total. The van der Waals surface area contributed by atoms with Crippen LogP contribution in [-0.2, 0) is 9.53 Å². The fourth-order valence-electron chi connectivity index (χ4n) is 3.29. The molecule has 0 aliphatic heterocycles. The molecule has 3 atom stereocenters. The Kier molecular flexibility index (Phi) is 4.48. The van der Waals surface area contributed by atoms with Crippen molar-refractivity contribution in [3.8, 4) is 0 Å². The molecule has 0 amide bonds. The summed E-state index contributed by atoms with van der Waals surface area (Å²) in [6.45, 7) is 6.59. The number of esters is 1. The maximum Gasteiger partial charge on any atom is 0.310 e. The molecule has 0 aromatic heterocycles. The highest BCUT2D eigenvalue weighted by Crippen LogP contribution is 2.42. The van der Waals surface area contributed by atoms with Gasteiger partial charge in [0.05, 0.1) is 13.0 Å². The lowest BCUT2D eigenvalue weighted by Gasteiger charge is -2.24. The summed E-state index contributed by atoms with van der Waals surface area (Å²) in [5.74, 6) is -0.130. The summed E-state index contributed by atoms with van der Waals surface area (Å²) in [6.07, 6.45) is 1.89. The standard InChI is InChI=1S/C17H25NO2/c1-12(13-8-6-5-7-9-13)18-15-11-17(2,3)10-14(15)16(19)20-4/h5-9,12,14-15,18H,10-11H2,1-4H3/t12-,14-,15-/m1/s1. The predicted molar refractivity (Wildman–Crippen MR) is 80.3 cm³/mol. The summed E-state index contributed by atoms with van der Waals surface area (Å²) in [6, 6.07) is 10.8. The quantitative estimate of drug-likeness (QED) is 0.857. The summed E-state index contributed by atoms with van der Waals surface area (Å²) in [7, 11) is 1.48. The van der Waals surface area contributed by atoms with Gasteiger partial charge in [-0.1, -0.05) is 44.2 Å². The Morgan fingerprint density at radius 1 is 1.30 bits per heavy atom. The molecule has 0 radical (unpaired) electrons. The monoisotopic (exact) mass is 275 g/mol. The minimum Gasteiger partial charge on any atom is -0.469 e. The average molecular weight is 275 g/mol. The summed E-state index contributed by atoms with van der Waals surface area (Å²) in [5.41, 5.74) is 1.44. The third-order valence-corrected chi connectivity index (χ3v) is 4.30. The van der Waals surface area contributed by atoms with Crippen LogP contribution in [0.3, 0.4) is 0 Å². The highest BCUT2D eigenvalue weighted by Gasteiger charge is 2.43. The minimum atomic E-state index is -0.0895. The first-order valence-electron chi connectivity index (χ1n) is 7.32. The van der Waals surface area contributed by atoms with Crippen LogP contribution in [0.4, 0.5) is 0 Å². The molecule has 2 rings (SSSR count). The van der Waals surface area contributed by atoms with Gasteiger partial charge < -0.3 is 10.1 Å². The number of methoxy groups -OCH3 is 1. The van der Waals surface area contributed by atoms with Crippen LogP contribution in [0.25, 0.3) is 0 Å². The van der Waals surface area contributed by atoms with Crippen LogP contribution in [0.1, 0.15) is 45.2 Å². The van der Waals surface area contributed by atoms with Crippen molar-refractivity contribution in [1.82, 2.24) is 5.32 Å². The number of nitrogens with one attached hydrogen (secondary N) is 1. The Hall–Kier alpha value is -1.35. The fraction of sp³-hybridized carbons (Fsp3) is 0.588. The van der Waals surface area contributed by atoms with Crippen LogP contribution in [0, 0.1) is 11.3 Å². The molecule has 1 saturated carbocycles. The van der Waals surface area contributed by atoms with Gasteiger partial charge in [-0.25, -0.2) is 0 Å². The van der Waals surface area contributed by atoms with Gasteiger partial charge in [-0.05, 0) is 30.7 Å². The van der Waals surface area contributed by atoms with Crippen LogP contribution in [-0.4, -0.2) is 19.1 Å². The van der Waals surface area contributed by atoms with E-state index in [0.29, 0.717) is 0 Å². The Labute approximate surface area is 121 Å². The van der Waals surface area contributed by atoms with E-state index in [4.69, 9.17) is 4.74 Å². The maximum absolute atomic E-state index is 12.0. The van der Waals surface area contributed by atoms with Gasteiger partial charge in [-0.15, -0.1) is 0 Å². The van der Waals surface area contributed by atoms with E-state index in [0.717, 1.165) is 12.8 Å². The van der Waals surface area contributed by atoms with Gasteiger partial charge in [-0.3, -0.25) is 4.79 Å². The molecule has 3 heteroatoms. The van der Waals surface area contributed by atoms with Crippen LogP contribution >= 0.6 is 0 Å². The fourth-order valence-corrected chi connectivity index (χ4v) is 3.29. The molecule has 1 aliphatic carbocycles. The molecule has 1 aromatic carbocycles. The van der Waals surface area contributed by atoms with Gasteiger partial charge in [0.1, 0.15) is 0 Å². The number of hydrogen-bond donors (Lipinski definition) is 1. The Morgan fingerprint density at radius 2 is 1.95 bits per heavy atom. The van der Waals surface area contributed by atoms with Crippen molar-refractivity contribution in [3.05, 3.63) is 35.9 Å². The van der Waals surface area contributed by atoms with E-state index >= 15 is 0 Å². The van der Waals surface area contributed by atoms with E-state index in [9.17, 15) is 4.79 Å². The SMILES string of the molecule is COC(=O)[C@@H]1CC(C)(C)C[C@H]1N[C@H](C)c1ccccc1. The average Bonchev–Trinajstić information content (AvgIpc) is 2.73. The number of benzene rings is 1. The topological polar surface area (TPSA) is 38.3 Å². The van der Waals surface area contributed by atoms with Gasteiger partial charge in [0.2, 0.25) is 0 Å². The molecule has 0 bridgehead atoms. The van der Waals surface area contributed by atoms with Crippen LogP contribution in [0.2, 0.25) is 0 Å². The summed E-state index contributed by atoms with van der Waals surface area (Å²) < 4.78 is 4.97. The van der Waals surface area contributed by atoms with Crippen molar-refractivity contribution < 1.29 is 9.53 Å². The summed E-state index contributed by atoms with van der Waals surface area (Å²) in [4.78, 5) is 12.0. The number of hydrogen-bond acceptors (Lipinski definition) is 3. The molecule has 1 aliphatic rings. The maximum atomic E-state index is 12.0. The van der Waals surface area contributed by atoms with Crippen molar-refractivity contribution in [2.24, 2.45) is 11.3 Å². The number of rotatable bonds is 4. The lowest BCUT2D eigenvalue weighted by molar-refractivity contribution is -0.146. The number of carbonyl (C=O) groups excluding carboxylic acids is 1. The largest absolute Gasteiger partial charge is 0.469 e. The van der Waals surface area contributed by atoms with Crippen LogP contribution in [0.15, 0.2) is 30.3 Å². The van der Waals surface area contributed by atoms with E-state index in [1.54, 1.807) is 0 Å². The zero-order valence-corrected chi connectivity index (χ0v) is 12.8. The van der Waals surface area contributed by atoms with Gasteiger partial charge >= 0.3 is 5.97 Å². The Balaban J connectivity index is 2.08. The lowest BCUT2D eigenvalue weighted by atomic mass is 9.90. The van der Waals surface area contributed by atoms with Gasteiger partial charge in [0, 0.05) is 12.1 Å². The molecule has 0 spiro atoms. The first-order valence-corrected chi connectivity index (χ1v) is 7.32. The highest BCUT2D eigenvalue weighted by molar-refractivity contribution is 5.73. The zero-order chi connectivity index (χ0) is 14.8. The number of carbonyl (C=O) groups is 1. The predicted octanol–water partition coefficient (Wildman–Crippen LogP) is 3.32. The summed E-state index contributed by atoms with van der Waals surface area (Å²) in [5, 5.41) is 3.62. The molecule has 110 valence electrons. The third-order valence-electron chi connectivity index (χ3n) is 4.30. The molecular formula is C17H25NO2. The molecule has 20 heavy (non-hydrogen) atoms. The van der Waals surface area contributed by atoms with Gasteiger partial charge in [-0.2, -0.15) is 0 Å². The van der Waals surface area contributed by atoms with Crippen molar-refractivity contribution in [2.45, 2.75) is 45.7 Å². The van der Waals surface area contributed by atoms with E-state index in [1.807, 2.05) is 18.2 Å². The second kappa shape index (κ2) is 5.96. The number of ether oxygens (including phenoxy) is 1. The van der Waals surface area contributed by atoms with Crippen molar-refractivity contribution in [2.75, 3.05) is 7.11 Å². The first kappa shape index (κ1) is 15.0. The molecule has 1 fully saturated rings. The first-order chi connectivity index (χ1) is 9.43. The van der Waals surface area contributed by atoms with Crippen molar-refractivity contribution >= 4 is 5.97 Å². The smallest absolute Gasteiger partial charge is 0.310 e. The second-order valence-corrected chi connectivity index (χ2v) is 6.61. The van der Waals surface area contributed by atoms with E-state index in [-0.39, 0.29) is 29.4 Å². The lowest BCUT2D eigenvalue weighted by Crippen LogP contribution is -2.38. The van der Waals surface area contributed by atoms with E-state index in [2.05, 4.69) is 38.2 Å². The minimum absolute atomic E-state index is 0.0406. The van der Waals surface area contributed by atoms with E-state index in [1.165, 1.54) is 12.7 Å². The Morgan fingerprint density at radius 3 is 2.55 bits per heavy atom. The molecule has 0 heterocycles. The summed E-state index contributed by atoms with van der Waals surface area (Å²) >= 11 is 0. The van der Waals surface area contributed by atoms with Crippen molar-refractivity contribution in [1.29, 1.82) is 0 Å². The Bertz CT molecular complexity index is 455. The molecule has 1 aromatic rings. The second-order valence-electron chi connectivity index (χ2n) is 6.61. The molecule has 0 unspecified atom stereocenters. The normalized spacial score (nSPS) is 26.2. The molecule has 0 saturated heterocycles. The third kappa shape index (κ3) is 3.40. The van der Waals surface area contributed by atoms with Gasteiger partial charge in [0.15, 0.2) is 0 Å². The van der Waals surface area contributed by atoms with Crippen LogP contribution in [0.5, 0.6) is 0 Å². The highest BCUT2D eigenvalue weighted by atomic mass is 16.5. The van der Waals surface area contributed by atoms with Crippen LogP contribution < -0.4 is 5.32 Å². The zero-order valence-electron chi connectivity index (χ0n) is 12.8.